The van der Waals surface area contributed by atoms with Gasteiger partial charge in [0.2, 0.25) is 0 Å². The van der Waals surface area contributed by atoms with E-state index in [9.17, 15) is 0 Å². The Morgan fingerprint density at radius 2 is 1.51 bits per heavy atom. The summed E-state index contributed by atoms with van der Waals surface area (Å²) in [6.45, 7) is -7.21. The Morgan fingerprint density at radius 1 is 0.771 bits per heavy atom. The largest absolute Gasteiger partial charge is 0.304 e. The molecule has 0 atom stereocenters. The van der Waals surface area contributed by atoms with E-state index in [0.717, 1.165) is 26.4 Å². The molecule has 0 amide bonds. The normalized spacial score (nSPS) is 17.0. The van der Waals surface area contributed by atoms with Crippen LogP contribution in [0, 0.1) is 32.7 Å². The van der Waals surface area contributed by atoms with Crippen LogP contribution in [0.4, 0.5) is 0 Å². The third-order valence-electron chi connectivity index (χ3n) is 4.92. The number of thiophene rings is 1. The zero-order valence-electron chi connectivity index (χ0n) is 31.0. The zero-order chi connectivity index (χ0) is 34.5. The van der Waals surface area contributed by atoms with Crippen molar-refractivity contribution in [1.29, 1.82) is 0 Å². The van der Waals surface area contributed by atoms with Gasteiger partial charge in [-0.1, -0.05) is 54.6 Å². The molecule has 6 aromatic rings. The molecule has 2 nitrogen and oxygen atoms in total. The number of aromatic nitrogens is 2. The van der Waals surface area contributed by atoms with Gasteiger partial charge < -0.3 is 9.97 Å². The van der Waals surface area contributed by atoms with Gasteiger partial charge >= 0.3 is 0 Å². The van der Waals surface area contributed by atoms with E-state index in [-0.39, 0.29) is 66.3 Å². The first kappa shape index (κ1) is 13.2. The van der Waals surface area contributed by atoms with Crippen LogP contribution >= 0.6 is 11.3 Å². The van der Waals surface area contributed by atoms with Gasteiger partial charge in [0.05, 0.1) is 5.48 Å². The van der Waals surface area contributed by atoms with Crippen molar-refractivity contribution >= 4 is 31.5 Å². The topological polar surface area (TPSA) is 25.8 Å². The number of rotatable bonds is 2. The number of nitrogens with zero attached hydrogens (tertiary/aromatic N) is 2. The molecule has 0 saturated heterocycles. The second kappa shape index (κ2) is 11.0. The predicted octanol–water partition coefficient (Wildman–Crippen LogP) is 8.39. The Hall–Kier alpha value is -3.17. The Bertz CT molecular complexity index is 2100. The van der Waals surface area contributed by atoms with Crippen molar-refractivity contribution in [2.24, 2.45) is 0 Å². The van der Waals surface area contributed by atoms with Crippen molar-refractivity contribution in [3.63, 3.8) is 0 Å². The number of hydrogen-bond acceptors (Lipinski definition) is 3. The molecule has 0 spiro atoms. The molecule has 0 fully saturated rings. The minimum absolute atomic E-state index is 0. The van der Waals surface area contributed by atoms with E-state index in [2.05, 4.69) is 22.1 Å². The molecule has 175 valence electrons. The summed E-state index contributed by atoms with van der Waals surface area (Å²) in [5, 5.41) is 2.16. The van der Waals surface area contributed by atoms with Gasteiger partial charge in [0.15, 0.2) is 0 Å². The van der Waals surface area contributed by atoms with Crippen molar-refractivity contribution < 1.29 is 37.9 Å². The fourth-order valence-corrected chi connectivity index (χ4v) is 4.54. The molecule has 0 bridgehead atoms. The number of fused-ring (bicyclic) bond motifs is 3. The summed E-state index contributed by atoms with van der Waals surface area (Å²) in [6, 6.07) is 20.5. The summed E-state index contributed by atoms with van der Waals surface area (Å²) in [6.07, 6.45) is 2.23. The molecule has 0 aliphatic carbocycles. The first-order valence-corrected chi connectivity index (χ1v) is 11.0. The fourth-order valence-electron chi connectivity index (χ4n) is 3.34. The molecule has 0 unspecified atom stereocenters. The van der Waals surface area contributed by atoms with Gasteiger partial charge in [0.1, 0.15) is 0 Å². The zero-order valence-corrected chi connectivity index (χ0v) is 21.2. The van der Waals surface area contributed by atoms with Crippen molar-refractivity contribution in [3.8, 4) is 22.5 Å². The van der Waals surface area contributed by atoms with Crippen molar-refractivity contribution in [2.45, 2.75) is 20.6 Å². The van der Waals surface area contributed by atoms with Crippen molar-refractivity contribution in [2.75, 3.05) is 0 Å². The summed E-state index contributed by atoms with van der Waals surface area (Å²) in [5.74, 6) is 0. The summed E-state index contributed by atoms with van der Waals surface area (Å²) >= 11 is 1.58. The molecule has 3 heterocycles. The molecule has 0 aliphatic heterocycles. The van der Waals surface area contributed by atoms with Gasteiger partial charge in [-0.3, -0.25) is 0 Å². The molecular weight excluding hydrogens is 625 g/mol. The van der Waals surface area contributed by atoms with Crippen LogP contribution in [0.25, 0.3) is 42.7 Å². The second-order valence-electron chi connectivity index (χ2n) is 7.23. The van der Waals surface area contributed by atoms with Crippen LogP contribution in [0.2, 0.25) is 0 Å². The molecule has 6 rings (SSSR count). The van der Waals surface area contributed by atoms with E-state index >= 15 is 0 Å². The third-order valence-corrected chi connectivity index (χ3v) is 6.12. The van der Waals surface area contributed by atoms with E-state index < -0.39 is 26.6 Å². The summed E-state index contributed by atoms with van der Waals surface area (Å²) in [7, 11) is 0. The van der Waals surface area contributed by atoms with Crippen molar-refractivity contribution in [3.05, 3.63) is 120 Å². The Morgan fingerprint density at radius 3 is 2.26 bits per heavy atom. The molecule has 3 aromatic heterocycles. The summed E-state index contributed by atoms with van der Waals surface area (Å²) in [4.78, 5) is 8.13. The van der Waals surface area contributed by atoms with Gasteiger partial charge in [0, 0.05) is 49.5 Å². The van der Waals surface area contributed by atoms with Crippen LogP contribution in [0.3, 0.4) is 0 Å². The molecule has 35 heavy (non-hydrogen) atoms. The van der Waals surface area contributed by atoms with Gasteiger partial charge in [-0.15, -0.1) is 59.2 Å². The number of pyridine rings is 2. The monoisotopic (exact) mass is 662 g/mol. The first-order chi connectivity index (χ1) is 21.9. The fraction of sp³-hybridized carbons (Fsp3) is 0.0968. The number of benzene rings is 3. The van der Waals surface area contributed by atoms with Gasteiger partial charge in [0.25, 0.3) is 0 Å². The van der Waals surface area contributed by atoms with Crippen LogP contribution in [0.5, 0.6) is 0 Å². The number of aryl methyl sites for hydroxylation is 3. The first-order valence-electron chi connectivity index (χ1n) is 16.7. The standard InChI is InChI=1S/C18H12NS.C13H12N.Ir/c1-12-9-10-16(19-11-12)15-7-4-6-14-13-5-2-3-8-17(13)20-18(14)15;1-10-3-6-12(7-4-10)13-8-5-11(2)9-14-13;/h2-6,8-11H,1H3;3-6,8-9H,1-2H3;/q2*-1;/i1D3,9D,10D;1D3,2D3,5D,8D;. The van der Waals surface area contributed by atoms with Gasteiger partial charge in [-0.05, 0) is 52.4 Å². The average Bonchev–Trinajstić information content (AvgIpc) is 3.38. The Kier molecular flexibility index (Phi) is 4.17. The number of hydrogen-bond donors (Lipinski definition) is 0. The van der Waals surface area contributed by atoms with Crippen LogP contribution in [0.15, 0.2) is 91.2 Å². The van der Waals surface area contributed by atoms with E-state index in [1.54, 1.807) is 17.4 Å². The van der Waals surface area contributed by atoms with Crippen LogP contribution < -0.4 is 0 Å². The molecular formula is C31H24IrN2S-2. The van der Waals surface area contributed by atoms with E-state index in [0.29, 0.717) is 11.1 Å². The summed E-state index contributed by atoms with van der Waals surface area (Å²) < 4.78 is 100. The molecule has 0 N–H and O–H groups in total. The maximum absolute atomic E-state index is 8.25. The third kappa shape index (κ3) is 5.57. The van der Waals surface area contributed by atoms with Gasteiger partial charge in [-0.2, -0.15) is 11.3 Å². The minimum Gasteiger partial charge on any atom is -0.304 e. The predicted molar refractivity (Wildman–Crippen MR) is 144 cm³/mol. The van der Waals surface area contributed by atoms with Crippen LogP contribution in [0.1, 0.15) is 34.5 Å². The van der Waals surface area contributed by atoms with Gasteiger partial charge in [-0.25, -0.2) is 0 Å². The van der Waals surface area contributed by atoms with Crippen molar-refractivity contribution in [1.82, 2.24) is 9.97 Å². The molecule has 1 radical (unpaired) electrons. The van der Waals surface area contributed by atoms with Crippen LogP contribution in [-0.4, -0.2) is 9.97 Å². The molecule has 0 aliphatic rings. The molecule has 4 heteroatoms. The maximum atomic E-state index is 8.25. The summed E-state index contributed by atoms with van der Waals surface area (Å²) in [5.41, 5.74) is 0.959. The SMILES string of the molecule is [2H]c1c(C([2H])([2H])[2H])cnc(-c2[c-]cc(C([2H])([2H])[2H])cc2)c1[2H].[2H]c1c(C([2H])([2H])[2H])cnc(-c2[c-]ccc3c2sc2ccccc23)c1[2H].[Ir]. The van der Waals surface area contributed by atoms with Crippen LogP contribution in [-0.2, 0) is 20.1 Å². The average molecular weight is 662 g/mol. The minimum atomic E-state index is -2.51. The smallest absolute Gasteiger partial charge is 0.0618 e. The maximum Gasteiger partial charge on any atom is 0.0618 e. The van der Waals surface area contributed by atoms with E-state index in [1.807, 2.05) is 30.3 Å². The molecule has 3 aromatic carbocycles. The quantitative estimate of drug-likeness (QED) is 0.174. The van der Waals surface area contributed by atoms with E-state index in [1.165, 1.54) is 24.4 Å². The Labute approximate surface area is 242 Å². The van der Waals surface area contributed by atoms with E-state index in [4.69, 9.17) is 17.8 Å². The Balaban J connectivity index is 0.000000214. The molecule has 0 saturated carbocycles. The second-order valence-corrected chi connectivity index (χ2v) is 8.28.